The number of H-pyrrole nitrogens is 1. The van der Waals surface area contributed by atoms with Crippen molar-refractivity contribution in [3.05, 3.63) is 43.1 Å². The Kier molecular flexibility index (Phi) is 4.58. The molecular formula is C20H19F3N6O. The van der Waals surface area contributed by atoms with E-state index >= 15 is 0 Å². The molecule has 0 unspecified atom stereocenters. The SMILES string of the molecule is FC(F)(F)O[C@H]1CC[C@@H](Nc2ncc3c(-c4ccc5nccn5c4)c[nH]c3n2)CC1. The number of nitrogens with zero attached hydrogens (tertiary/aromatic N) is 4. The maximum atomic E-state index is 12.4. The van der Waals surface area contributed by atoms with E-state index in [-0.39, 0.29) is 6.04 Å². The summed E-state index contributed by atoms with van der Waals surface area (Å²) in [5.74, 6) is 0.459. The number of pyridine rings is 1. The van der Waals surface area contributed by atoms with Gasteiger partial charge in [-0.3, -0.25) is 4.74 Å². The predicted octanol–water partition coefficient (Wildman–Crippen LogP) is 4.53. The van der Waals surface area contributed by atoms with Crippen molar-refractivity contribution in [3.8, 4) is 11.1 Å². The van der Waals surface area contributed by atoms with Crippen LogP contribution in [0.3, 0.4) is 0 Å². The topological polar surface area (TPSA) is 80.1 Å². The summed E-state index contributed by atoms with van der Waals surface area (Å²) in [5.41, 5.74) is 3.56. The number of hydrogen-bond acceptors (Lipinski definition) is 5. The van der Waals surface area contributed by atoms with Gasteiger partial charge in [-0.15, -0.1) is 13.2 Å². The first-order valence-electron chi connectivity index (χ1n) is 9.73. The first kappa shape index (κ1) is 18.9. The second-order valence-electron chi connectivity index (χ2n) is 7.45. The lowest BCUT2D eigenvalue weighted by Gasteiger charge is -2.29. The van der Waals surface area contributed by atoms with Crippen LogP contribution in [0.2, 0.25) is 0 Å². The number of halogens is 3. The molecule has 4 aromatic rings. The summed E-state index contributed by atoms with van der Waals surface area (Å²) in [6.45, 7) is 0. The van der Waals surface area contributed by atoms with Gasteiger partial charge in [0.1, 0.15) is 11.3 Å². The van der Waals surface area contributed by atoms with E-state index in [4.69, 9.17) is 0 Å². The van der Waals surface area contributed by atoms with Gasteiger partial charge >= 0.3 is 6.36 Å². The van der Waals surface area contributed by atoms with Crippen LogP contribution in [-0.4, -0.2) is 42.8 Å². The van der Waals surface area contributed by atoms with E-state index in [1.165, 1.54) is 0 Å². The lowest BCUT2D eigenvalue weighted by atomic mass is 9.93. The largest absolute Gasteiger partial charge is 0.522 e. The molecule has 0 radical (unpaired) electrons. The molecule has 0 atom stereocenters. The number of ether oxygens (including phenoxy) is 1. The Morgan fingerprint density at radius 1 is 1.13 bits per heavy atom. The summed E-state index contributed by atoms with van der Waals surface area (Å²) in [5, 5.41) is 4.13. The molecule has 156 valence electrons. The lowest BCUT2D eigenvalue weighted by Crippen LogP contribution is -2.33. The molecule has 7 nitrogen and oxygen atoms in total. The van der Waals surface area contributed by atoms with E-state index in [1.807, 2.05) is 35.1 Å². The Hall–Kier alpha value is -3.14. The zero-order chi connectivity index (χ0) is 20.7. The fourth-order valence-corrected chi connectivity index (χ4v) is 3.99. The van der Waals surface area contributed by atoms with E-state index in [2.05, 4.69) is 30.0 Å². The van der Waals surface area contributed by atoms with Crippen LogP contribution >= 0.6 is 0 Å². The van der Waals surface area contributed by atoms with Crippen LogP contribution in [0.25, 0.3) is 27.8 Å². The van der Waals surface area contributed by atoms with Gasteiger partial charge in [0, 0.05) is 53.5 Å². The highest BCUT2D eigenvalue weighted by molar-refractivity contribution is 5.93. The molecule has 0 spiro atoms. The number of fused-ring (bicyclic) bond motifs is 2. The molecule has 1 saturated carbocycles. The second kappa shape index (κ2) is 7.28. The van der Waals surface area contributed by atoms with E-state index in [9.17, 15) is 13.2 Å². The molecule has 10 heteroatoms. The Balaban J connectivity index is 1.29. The average Bonchev–Trinajstić information content (AvgIpc) is 3.34. The van der Waals surface area contributed by atoms with Gasteiger partial charge in [0.15, 0.2) is 0 Å². The summed E-state index contributed by atoms with van der Waals surface area (Å²) in [4.78, 5) is 16.4. The monoisotopic (exact) mass is 416 g/mol. The number of rotatable bonds is 4. The van der Waals surface area contributed by atoms with Crippen LogP contribution in [0.15, 0.2) is 43.1 Å². The number of aromatic nitrogens is 5. The van der Waals surface area contributed by atoms with Gasteiger partial charge in [-0.1, -0.05) is 0 Å². The van der Waals surface area contributed by atoms with Crippen molar-refractivity contribution in [2.24, 2.45) is 0 Å². The van der Waals surface area contributed by atoms with E-state index in [0.29, 0.717) is 37.3 Å². The first-order chi connectivity index (χ1) is 14.4. The summed E-state index contributed by atoms with van der Waals surface area (Å²) in [6.07, 6.45) is 5.78. The smallest absolute Gasteiger partial charge is 0.351 e. The Morgan fingerprint density at radius 2 is 1.97 bits per heavy atom. The first-order valence-corrected chi connectivity index (χ1v) is 9.73. The zero-order valence-corrected chi connectivity index (χ0v) is 15.9. The minimum absolute atomic E-state index is 0.0219. The van der Waals surface area contributed by atoms with Gasteiger partial charge in [-0.25, -0.2) is 9.97 Å². The minimum atomic E-state index is -4.58. The Morgan fingerprint density at radius 3 is 2.77 bits per heavy atom. The Labute approximate surface area is 169 Å². The molecule has 1 fully saturated rings. The summed E-state index contributed by atoms with van der Waals surface area (Å²) in [6, 6.07) is 3.97. The Bertz CT molecular complexity index is 1180. The van der Waals surface area contributed by atoms with Crippen molar-refractivity contribution in [2.45, 2.75) is 44.2 Å². The van der Waals surface area contributed by atoms with Crippen molar-refractivity contribution >= 4 is 22.6 Å². The predicted molar refractivity (Wildman–Crippen MR) is 105 cm³/mol. The van der Waals surface area contributed by atoms with E-state index in [1.54, 1.807) is 12.4 Å². The number of nitrogens with one attached hydrogen (secondary N) is 2. The zero-order valence-electron chi connectivity index (χ0n) is 15.9. The van der Waals surface area contributed by atoms with Gasteiger partial charge in [0.2, 0.25) is 5.95 Å². The molecule has 2 N–H and O–H groups in total. The maximum Gasteiger partial charge on any atom is 0.522 e. The molecule has 1 aliphatic rings. The standard InChI is InChI=1S/C20H19F3N6O/c21-20(22,23)30-14-4-2-13(3-5-14)27-19-26-10-16-15(9-25-18(16)28-19)12-1-6-17-24-7-8-29(17)11-12/h1,6-11,13-14H,2-5H2,(H2,25,26,27,28)/t13-,14+. The molecule has 0 aliphatic heterocycles. The number of hydrogen-bond donors (Lipinski definition) is 2. The van der Waals surface area contributed by atoms with Gasteiger partial charge in [0.05, 0.1) is 6.10 Å². The fourth-order valence-electron chi connectivity index (χ4n) is 3.99. The molecule has 0 bridgehead atoms. The highest BCUT2D eigenvalue weighted by Crippen LogP contribution is 2.30. The van der Waals surface area contributed by atoms with Gasteiger partial charge in [0.25, 0.3) is 0 Å². The minimum Gasteiger partial charge on any atom is -0.351 e. The van der Waals surface area contributed by atoms with Crippen LogP contribution in [0.4, 0.5) is 19.1 Å². The molecule has 30 heavy (non-hydrogen) atoms. The van der Waals surface area contributed by atoms with Crippen molar-refractivity contribution in [3.63, 3.8) is 0 Å². The van der Waals surface area contributed by atoms with Gasteiger partial charge in [-0.05, 0) is 37.8 Å². The third kappa shape index (κ3) is 3.82. The average molecular weight is 416 g/mol. The maximum absolute atomic E-state index is 12.4. The molecule has 0 amide bonds. The summed E-state index contributed by atoms with van der Waals surface area (Å²) in [7, 11) is 0. The number of anilines is 1. The number of aromatic amines is 1. The fraction of sp³-hybridized carbons (Fsp3) is 0.350. The number of imidazole rings is 1. The van der Waals surface area contributed by atoms with Gasteiger partial charge < -0.3 is 14.7 Å². The third-order valence-corrected chi connectivity index (χ3v) is 5.44. The molecule has 0 saturated heterocycles. The van der Waals surface area contributed by atoms with Crippen molar-refractivity contribution in [1.29, 1.82) is 0 Å². The molecular weight excluding hydrogens is 397 g/mol. The summed E-state index contributed by atoms with van der Waals surface area (Å²) >= 11 is 0. The van der Waals surface area contributed by atoms with Crippen molar-refractivity contribution in [1.82, 2.24) is 24.3 Å². The van der Waals surface area contributed by atoms with Crippen LogP contribution in [-0.2, 0) is 4.74 Å². The summed E-state index contributed by atoms with van der Waals surface area (Å²) < 4.78 is 43.1. The van der Waals surface area contributed by atoms with Crippen LogP contribution in [0.1, 0.15) is 25.7 Å². The number of alkyl halides is 3. The molecule has 4 heterocycles. The van der Waals surface area contributed by atoms with Crippen molar-refractivity contribution in [2.75, 3.05) is 5.32 Å². The third-order valence-electron chi connectivity index (χ3n) is 5.44. The highest BCUT2D eigenvalue weighted by Gasteiger charge is 2.35. The molecule has 5 rings (SSSR count). The highest BCUT2D eigenvalue weighted by atomic mass is 19.4. The van der Waals surface area contributed by atoms with Crippen LogP contribution < -0.4 is 5.32 Å². The van der Waals surface area contributed by atoms with Crippen LogP contribution in [0, 0.1) is 0 Å². The molecule has 0 aromatic carbocycles. The van der Waals surface area contributed by atoms with Gasteiger partial charge in [-0.2, -0.15) is 4.98 Å². The van der Waals surface area contributed by atoms with Crippen LogP contribution in [0.5, 0.6) is 0 Å². The van der Waals surface area contributed by atoms with E-state index in [0.717, 1.165) is 22.2 Å². The van der Waals surface area contributed by atoms with Crippen molar-refractivity contribution < 1.29 is 17.9 Å². The quantitative estimate of drug-likeness (QED) is 0.511. The second-order valence-corrected chi connectivity index (χ2v) is 7.45. The molecule has 4 aromatic heterocycles. The lowest BCUT2D eigenvalue weighted by molar-refractivity contribution is -0.345. The van der Waals surface area contributed by atoms with E-state index < -0.39 is 12.5 Å². The normalized spacial score (nSPS) is 20.1. The molecule has 1 aliphatic carbocycles.